The Hall–Kier alpha value is -2.46. The summed E-state index contributed by atoms with van der Waals surface area (Å²) in [6.45, 7) is 2.18. The van der Waals surface area contributed by atoms with E-state index in [4.69, 9.17) is 0 Å². The Kier molecular flexibility index (Phi) is 4.83. The Morgan fingerprint density at radius 2 is 1.83 bits per heavy atom. The van der Waals surface area contributed by atoms with Crippen molar-refractivity contribution in [1.82, 2.24) is 4.98 Å². The fraction of sp³-hybridized carbons (Fsp3) is 0.158. The van der Waals surface area contributed by atoms with Gasteiger partial charge < -0.3 is 0 Å². The van der Waals surface area contributed by atoms with Gasteiger partial charge in [-0.25, -0.2) is 4.98 Å². The molecule has 2 aromatic carbocycles. The molecule has 0 spiro atoms. The van der Waals surface area contributed by atoms with Crippen molar-refractivity contribution in [2.75, 3.05) is 5.32 Å². The molecule has 1 amide bonds. The van der Waals surface area contributed by atoms with Gasteiger partial charge in [-0.1, -0.05) is 55.8 Å². The first-order valence-corrected chi connectivity index (χ1v) is 8.55. The molecule has 1 N–H and O–H groups in total. The van der Waals surface area contributed by atoms with E-state index in [0.29, 0.717) is 10.7 Å². The second kappa shape index (κ2) is 7.20. The Morgan fingerprint density at radius 3 is 2.52 bits per heavy atom. The number of amides is 1. The zero-order valence-electron chi connectivity index (χ0n) is 13.0. The predicted octanol–water partition coefficient (Wildman–Crippen LogP) is 5.01. The number of rotatable bonds is 5. The molecule has 4 heteroatoms. The minimum atomic E-state index is -0.134. The lowest BCUT2D eigenvalue weighted by Gasteiger charge is -2.02. The Bertz CT molecular complexity index is 779. The lowest BCUT2D eigenvalue weighted by Crippen LogP contribution is -2.11. The molecule has 0 aliphatic rings. The highest BCUT2D eigenvalue weighted by Gasteiger charge is 2.09. The molecule has 3 aromatic rings. The summed E-state index contributed by atoms with van der Waals surface area (Å²) in [6.07, 6.45) is 2.24. The van der Waals surface area contributed by atoms with E-state index in [0.717, 1.165) is 24.1 Å². The van der Waals surface area contributed by atoms with Crippen LogP contribution in [0.25, 0.3) is 11.3 Å². The molecular weight excluding hydrogens is 304 g/mol. The molecule has 0 bridgehead atoms. The first kappa shape index (κ1) is 15.4. The second-order valence-electron chi connectivity index (χ2n) is 5.30. The number of benzene rings is 2. The summed E-state index contributed by atoms with van der Waals surface area (Å²) in [4.78, 5) is 16.6. The van der Waals surface area contributed by atoms with Crippen molar-refractivity contribution >= 4 is 22.4 Å². The lowest BCUT2D eigenvalue weighted by molar-refractivity contribution is 0.102. The van der Waals surface area contributed by atoms with Gasteiger partial charge in [0.2, 0.25) is 0 Å². The molecule has 0 radical (unpaired) electrons. The summed E-state index contributed by atoms with van der Waals surface area (Å²) < 4.78 is 0. The third-order valence-electron chi connectivity index (χ3n) is 3.55. The number of anilines is 1. The van der Waals surface area contributed by atoms with Gasteiger partial charge in [-0.15, -0.1) is 11.3 Å². The first-order valence-electron chi connectivity index (χ1n) is 7.67. The molecule has 3 nitrogen and oxygen atoms in total. The SMILES string of the molecule is CCCc1ccc(-c2csc(NC(=O)c3ccccc3)n2)cc1. The number of hydrogen-bond acceptors (Lipinski definition) is 3. The third-order valence-corrected chi connectivity index (χ3v) is 4.31. The number of thiazole rings is 1. The number of carbonyl (C=O) groups excluding carboxylic acids is 1. The molecule has 0 unspecified atom stereocenters. The van der Waals surface area contributed by atoms with Crippen molar-refractivity contribution in [3.8, 4) is 11.3 Å². The quantitative estimate of drug-likeness (QED) is 0.717. The van der Waals surface area contributed by atoms with Crippen LogP contribution in [0.1, 0.15) is 29.3 Å². The van der Waals surface area contributed by atoms with Gasteiger partial charge in [-0.05, 0) is 24.1 Å². The van der Waals surface area contributed by atoms with E-state index in [1.807, 2.05) is 23.6 Å². The molecule has 1 heterocycles. The van der Waals surface area contributed by atoms with E-state index in [1.54, 1.807) is 12.1 Å². The van der Waals surface area contributed by atoms with Crippen LogP contribution in [0, 0.1) is 0 Å². The topological polar surface area (TPSA) is 42.0 Å². The van der Waals surface area contributed by atoms with Crippen LogP contribution in [-0.4, -0.2) is 10.9 Å². The largest absolute Gasteiger partial charge is 0.298 e. The van der Waals surface area contributed by atoms with Gasteiger partial charge in [-0.2, -0.15) is 0 Å². The van der Waals surface area contributed by atoms with E-state index in [9.17, 15) is 4.79 Å². The monoisotopic (exact) mass is 322 g/mol. The van der Waals surface area contributed by atoms with Crippen molar-refractivity contribution in [2.24, 2.45) is 0 Å². The molecule has 1 aromatic heterocycles. The number of nitrogens with one attached hydrogen (secondary N) is 1. The van der Waals surface area contributed by atoms with Crippen LogP contribution in [0.4, 0.5) is 5.13 Å². The molecule has 116 valence electrons. The van der Waals surface area contributed by atoms with Gasteiger partial charge in [0.25, 0.3) is 5.91 Å². The van der Waals surface area contributed by atoms with E-state index < -0.39 is 0 Å². The highest BCUT2D eigenvalue weighted by atomic mass is 32.1. The Morgan fingerprint density at radius 1 is 1.09 bits per heavy atom. The molecular formula is C19H18N2OS. The van der Waals surface area contributed by atoms with Gasteiger partial charge in [0.1, 0.15) is 0 Å². The maximum Gasteiger partial charge on any atom is 0.257 e. The molecule has 3 rings (SSSR count). The minimum Gasteiger partial charge on any atom is -0.298 e. The third kappa shape index (κ3) is 3.85. The average molecular weight is 322 g/mol. The smallest absolute Gasteiger partial charge is 0.257 e. The maximum atomic E-state index is 12.1. The summed E-state index contributed by atoms with van der Waals surface area (Å²) >= 11 is 1.44. The van der Waals surface area contributed by atoms with Crippen molar-refractivity contribution in [3.05, 3.63) is 71.1 Å². The number of aromatic nitrogens is 1. The summed E-state index contributed by atoms with van der Waals surface area (Å²) in [5.41, 5.74) is 3.93. The van der Waals surface area contributed by atoms with Gasteiger partial charge in [-0.3, -0.25) is 10.1 Å². The van der Waals surface area contributed by atoms with Crippen LogP contribution in [0.15, 0.2) is 60.0 Å². The zero-order chi connectivity index (χ0) is 16.1. The molecule has 0 atom stereocenters. The minimum absolute atomic E-state index is 0.134. The van der Waals surface area contributed by atoms with Crippen molar-refractivity contribution in [1.29, 1.82) is 0 Å². The number of aryl methyl sites for hydroxylation is 1. The average Bonchev–Trinajstić information content (AvgIpc) is 3.05. The van der Waals surface area contributed by atoms with Crippen LogP contribution < -0.4 is 5.32 Å². The fourth-order valence-corrected chi connectivity index (χ4v) is 3.07. The van der Waals surface area contributed by atoms with Gasteiger partial charge in [0.05, 0.1) is 5.69 Å². The normalized spacial score (nSPS) is 10.5. The number of nitrogens with zero attached hydrogens (tertiary/aromatic N) is 1. The van der Waals surface area contributed by atoms with Crippen LogP contribution in [0.5, 0.6) is 0 Å². The van der Waals surface area contributed by atoms with E-state index in [-0.39, 0.29) is 5.91 Å². The summed E-state index contributed by atoms with van der Waals surface area (Å²) in [6, 6.07) is 17.6. The van der Waals surface area contributed by atoms with Crippen LogP contribution in [0.3, 0.4) is 0 Å². The van der Waals surface area contributed by atoms with Crippen molar-refractivity contribution < 1.29 is 4.79 Å². The van der Waals surface area contributed by atoms with Gasteiger partial charge in [0.15, 0.2) is 5.13 Å². The molecule has 23 heavy (non-hydrogen) atoms. The van der Waals surface area contributed by atoms with Crippen molar-refractivity contribution in [3.63, 3.8) is 0 Å². The van der Waals surface area contributed by atoms with Crippen LogP contribution in [-0.2, 0) is 6.42 Å². The number of carbonyl (C=O) groups is 1. The second-order valence-corrected chi connectivity index (χ2v) is 6.16. The van der Waals surface area contributed by atoms with E-state index in [1.165, 1.54) is 16.9 Å². The Labute approximate surface area is 140 Å². The van der Waals surface area contributed by atoms with E-state index >= 15 is 0 Å². The summed E-state index contributed by atoms with van der Waals surface area (Å²) in [7, 11) is 0. The predicted molar refractivity (Wildman–Crippen MR) is 95.9 cm³/mol. The molecule has 0 aliphatic carbocycles. The first-order chi connectivity index (χ1) is 11.3. The van der Waals surface area contributed by atoms with Crippen LogP contribution >= 0.6 is 11.3 Å². The lowest BCUT2D eigenvalue weighted by atomic mass is 10.1. The molecule has 0 saturated carbocycles. The summed E-state index contributed by atoms with van der Waals surface area (Å²) in [5, 5.41) is 5.43. The van der Waals surface area contributed by atoms with Gasteiger partial charge in [0, 0.05) is 16.5 Å². The highest BCUT2D eigenvalue weighted by Crippen LogP contribution is 2.25. The maximum absolute atomic E-state index is 12.1. The van der Waals surface area contributed by atoms with E-state index in [2.05, 4.69) is 41.5 Å². The highest BCUT2D eigenvalue weighted by molar-refractivity contribution is 7.14. The standard InChI is InChI=1S/C19H18N2OS/c1-2-6-14-9-11-15(12-10-14)17-13-23-19(20-17)21-18(22)16-7-4-3-5-8-16/h3-5,7-13H,2,6H2,1H3,(H,20,21,22). The molecule has 0 aliphatic heterocycles. The molecule has 0 fully saturated rings. The Balaban J connectivity index is 1.71. The zero-order valence-corrected chi connectivity index (χ0v) is 13.8. The molecule has 0 saturated heterocycles. The van der Waals surface area contributed by atoms with Crippen LogP contribution in [0.2, 0.25) is 0 Å². The van der Waals surface area contributed by atoms with Crippen molar-refractivity contribution in [2.45, 2.75) is 19.8 Å². The number of hydrogen-bond donors (Lipinski definition) is 1. The van der Waals surface area contributed by atoms with Gasteiger partial charge >= 0.3 is 0 Å². The fourth-order valence-electron chi connectivity index (χ4n) is 2.35. The summed E-state index contributed by atoms with van der Waals surface area (Å²) in [5.74, 6) is -0.134.